The van der Waals surface area contributed by atoms with Gasteiger partial charge in [-0.15, -0.1) is 0 Å². The summed E-state index contributed by atoms with van der Waals surface area (Å²) in [5.74, 6) is -0.0913. The molecule has 0 aromatic carbocycles. The zero-order valence-corrected chi connectivity index (χ0v) is 12.7. The Balaban J connectivity index is 0.00000137. The van der Waals surface area contributed by atoms with E-state index in [0.717, 1.165) is 26.2 Å². The van der Waals surface area contributed by atoms with Crippen LogP contribution in [0.2, 0.25) is 0 Å². The fraction of sp³-hybridized carbons (Fsp3) is 0.929. The van der Waals surface area contributed by atoms with E-state index in [1.165, 1.54) is 13.0 Å². The second-order valence-electron chi connectivity index (χ2n) is 4.31. The van der Waals surface area contributed by atoms with Gasteiger partial charge in [0.2, 0.25) is 0 Å². The molecular formula is C14H30N2O2. The number of nitrogens with zero attached hydrogens (tertiary/aromatic N) is 2. The van der Waals surface area contributed by atoms with Gasteiger partial charge in [-0.05, 0) is 26.8 Å². The van der Waals surface area contributed by atoms with E-state index >= 15 is 0 Å². The van der Waals surface area contributed by atoms with Crippen LogP contribution in [0.5, 0.6) is 0 Å². The maximum atomic E-state index is 11.6. The summed E-state index contributed by atoms with van der Waals surface area (Å²) in [4.78, 5) is 16.2. The number of piperazine rings is 1. The first-order valence-corrected chi connectivity index (χ1v) is 7.32. The summed E-state index contributed by atoms with van der Waals surface area (Å²) in [6.07, 6.45) is 1.20. The van der Waals surface area contributed by atoms with Gasteiger partial charge in [0.05, 0.1) is 6.61 Å². The van der Waals surface area contributed by atoms with Crippen molar-refractivity contribution in [2.45, 2.75) is 47.1 Å². The van der Waals surface area contributed by atoms with E-state index in [0.29, 0.717) is 6.61 Å². The Kier molecular flexibility index (Phi) is 9.98. The van der Waals surface area contributed by atoms with Crippen molar-refractivity contribution in [3.8, 4) is 0 Å². The lowest BCUT2D eigenvalue weighted by atomic mass is 10.2. The SMILES string of the molecule is CC.CCCN1CCN(C(C)C(=O)OCC)CC1. The summed E-state index contributed by atoms with van der Waals surface area (Å²) in [5, 5.41) is 0. The zero-order valence-electron chi connectivity index (χ0n) is 12.7. The molecule has 0 aliphatic carbocycles. The molecule has 1 aliphatic heterocycles. The first-order chi connectivity index (χ1) is 8.69. The van der Waals surface area contributed by atoms with Crippen molar-refractivity contribution in [2.75, 3.05) is 39.3 Å². The van der Waals surface area contributed by atoms with Gasteiger partial charge < -0.3 is 9.64 Å². The number of hydrogen-bond donors (Lipinski definition) is 0. The molecule has 0 spiro atoms. The van der Waals surface area contributed by atoms with Crippen LogP contribution >= 0.6 is 0 Å². The average Bonchev–Trinajstić information content (AvgIpc) is 2.42. The quantitative estimate of drug-likeness (QED) is 0.706. The Morgan fingerprint density at radius 3 is 2.17 bits per heavy atom. The number of ether oxygens (including phenoxy) is 1. The highest BCUT2D eigenvalue weighted by molar-refractivity contribution is 5.75. The molecule has 4 heteroatoms. The number of rotatable bonds is 5. The zero-order chi connectivity index (χ0) is 14.0. The molecule has 4 nitrogen and oxygen atoms in total. The monoisotopic (exact) mass is 258 g/mol. The van der Waals surface area contributed by atoms with Gasteiger partial charge in [-0.3, -0.25) is 9.69 Å². The minimum Gasteiger partial charge on any atom is -0.465 e. The van der Waals surface area contributed by atoms with E-state index in [2.05, 4.69) is 16.7 Å². The highest BCUT2D eigenvalue weighted by Crippen LogP contribution is 2.08. The van der Waals surface area contributed by atoms with Crippen molar-refractivity contribution >= 4 is 5.97 Å². The highest BCUT2D eigenvalue weighted by atomic mass is 16.5. The molecule has 0 amide bonds. The summed E-state index contributed by atoms with van der Waals surface area (Å²) in [7, 11) is 0. The lowest BCUT2D eigenvalue weighted by Crippen LogP contribution is -2.52. The number of hydrogen-bond acceptors (Lipinski definition) is 4. The Bertz CT molecular complexity index is 214. The maximum Gasteiger partial charge on any atom is 0.323 e. The maximum absolute atomic E-state index is 11.6. The molecule has 0 N–H and O–H groups in total. The molecule has 1 rings (SSSR count). The molecule has 0 saturated carbocycles. The molecule has 108 valence electrons. The predicted octanol–water partition coefficient (Wildman–Crippen LogP) is 1.99. The molecule has 1 aliphatic rings. The van der Waals surface area contributed by atoms with Crippen LogP contribution in [0.25, 0.3) is 0 Å². The summed E-state index contributed by atoms with van der Waals surface area (Å²) in [5.41, 5.74) is 0. The average molecular weight is 258 g/mol. The minimum absolute atomic E-state index is 0.0913. The van der Waals surface area contributed by atoms with Gasteiger partial charge in [-0.25, -0.2) is 0 Å². The van der Waals surface area contributed by atoms with Crippen molar-refractivity contribution in [3.63, 3.8) is 0 Å². The minimum atomic E-state index is -0.0938. The van der Waals surface area contributed by atoms with Gasteiger partial charge in [0.15, 0.2) is 0 Å². The molecule has 1 unspecified atom stereocenters. The molecule has 1 heterocycles. The molecule has 1 saturated heterocycles. The van der Waals surface area contributed by atoms with E-state index in [-0.39, 0.29) is 12.0 Å². The second kappa shape index (κ2) is 10.3. The normalized spacial score (nSPS) is 18.7. The van der Waals surface area contributed by atoms with Crippen LogP contribution in [0.15, 0.2) is 0 Å². The molecule has 1 fully saturated rings. The number of carbonyl (C=O) groups is 1. The van der Waals surface area contributed by atoms with Gasteiger partial charge in [-0.1, -0.05) is 20.8 Å². The van der Waals surface area contributed by atoms with E-state index < -0.39 is 0 Å². The third-order valence-corrected chi connectivity index (χ3v) is 3.12. The summed E-state index contributed by atoms with van der Waals surface area (Å²) in [6, 6.07) is -0.0938. The molecule has 18 heavy (non-hydrogen) atoms. The summed E-state index contributed by atoms with van der Waals surface area (Å²) < 4.78 is 5.04. The van der Waals surface area contributed by atoms with Crippen molar-refractivity contribution in [3.05, 3.63) is 0 Å². The lowest BCUT2D eigenvalue weighted by molar-refractivity contribution is -0.149. The first kappa shape index (κ1) is 17.4. The van der Waals surface area contributed by atoms with Gasteiger partial charge in [0.25, 0.3) is 0 Å². The molecule has 0 bridgehead atoms. The third-order valence-electron chi connectivity index (χ3n) is 3.12. The van der Waals surface area contributed by atoms with Gasteiger partial charge >= 0.3 is 5.97 Å². The van der Waals surface area contributed by atoms with Gasteiger partial charge in [-0.2, -0.15) is 0 Å². The van der Waals surface area contributed by atoms with E-state index in [4.69, 9.17) is 4.74 Å². The fourth-order valence-corrected chi connectivity index (χ4v) is 2.10. The van der Waals surface area contributed by atoms with Crippen LogP contribution < -0.4 is 0 Å². The summed E-state index contributed by atoms with van der Waals surface area (Å²) in [6.45, 7) is 15.7. The topological polar surface area (TPSA) is 32.8 Å². The van der Waals surface area contributed by atoms with Crippen molar-refractivity contribution < 1.29 is 9.53 Å². The van der Waals surface area contributed by atoms with Crippen molar-refractivity contribution in [2.24, 2.45) is 0 Å². The van der Waals surface area contributed by atoms with Gasteiger partial charge in [0, 0.05) is 26.2 Å². The fourth-order valence-electron chi connectivity index (χ4n) is 2.10. The van der Waals surface area contributed by atoms with E-state index in [1.54, 1.807) is 0 Å². The van der Waals surface area contributed by atoms with Gasteiger partial charge in [0.1, 0.15) is 6.04 Å². The van der Waals surface area contributed by atoms with E-state index in [9.17, 15) is 4.79 Å². The van der Waals surface area contributed by atoms with Crippen LogP contribution in [0, 0.1) is 0 Å². The lowest BCUT2D eigenvalue weighted by Gasteiger charge is -2.36. The number of carbonyl (C=O) groups excluding carboxylic acids is 1. The Morgan fingerprint density at radius 1 is 1.17 bits per heavy atom. The Hall–Kier alpha value is -0.610. The Labute approximate surface area is 112 Å². The van der Waals surface area contributed by atoms with Crippen LogP contribution in [0.1, 0.15) is 41.0 Å². The number of esters is 1. The van der Waals surface area contributed by atoms with E-state index in [1.807, 2.05) is 27.7 Å². The predicted molar refractivity (Wildman–Crippen MR) is 75.7 cm³/mol. The van der Waals surface area contributed by atoms with Crippen molar-refractivity contribution in [1.82, 2.24) is 9.80 Å². The second-order valence-corrected chi connectivity index (χ2v) is 4.31. The Morgan fingerprint density at radius 2 is 1.72 bits per heavy atom. The molecular weight excluding hydrogens is 228 g/mol. The van der Waals surface area contributed by atoms with Crippen LogP contribution in [0.4, 0.5) is 0 Å². The highest BCUT2D eigenvalue weighted by Gasteiger charge is 2.25. The van der Waals surface area contributed by atoms with Crippen molar-refractivity contribution in [1.29, 1.82) is 0 Å². The van der Waals surface area contributed by atoms with Crippen LogP contribution in [-0.4, -0.2) is 61.1 Å². The largest absolute Gasteiger partial charge is 0.465 e. The third kappa shape index (κ3) is 5.83. The molecule has 1 atom stereocenters. The molecule has 0 aromatic heterocycles. The summed E-state index contributed by atoms with van der Waals surface area (Å²) >= 11 is 0. The molecule has 0 radical (unpaired) electrons. The van der Waals surface area contributed by atoms with Crippen LogP contribution in [0.3, 0.4) is 0 Å². The smallest absolute Gasteiger partial charge is 0.323 e. The van der Waals surface area contributed by atoms with Crippen LogP contribution in [-0.2, 0) is 9.53 Å². The first-order valence-electron chi connectivity index (χ1n) is 7.32. The molecule has 0 aromatic rings. The standard InChI is InChI=1S/C12H24N2O2.C2H6/c1-4-6-13-7-9-14(10-8-13)11(3)12(15)16-5-2;1-2/h11H,4-10H2,1-3H3;1-2H3.